The largest absolute Gasteiger partial charge is 0.494 e. The number of carbonyl (C=O) groups is 1. The zero-order valence-corrected chi connectivity index (χ0v) is 16.7. The summed E-state index contributed by atoms with van der Waals surface area (Å²) < 4.78 is 6.72. The molecular formula is C21H24N4O2S. The highest BCUT2D eigenvalue weighted by molar-refractivity contribution is 7.22. The van der Waals surface area contributed by atoms with Crippen LogP contribution in [0.3, 0.4) is 0 Å². The molecule has 28 heavy (non-hydrogen) atoms. The van der Waals surface area contributed by atoms with Gasteiger partial charge in [-0.3, -0.25) is 9.78 Å². The van der Waals surface area contributed by atoms with Crippen LogP contribution in [0, 0.1) is 5.92 Å². The van der Waals surface area contributed by atoms with E-state index in [-0.39, 0.29) is 11.8 Å². The number of aromatic nitrogens is 2. The van der Waals surface area contributed by atoms with Crippen molar-refractivity contribution in [2.24, 2.45) is 5.92 Å². The second-order valence-electron chi connectivity index (χ2n) is 6.86. The predicted octanol–water partition coefficient (Wildman–Crippen LogP) is 3.62. The van der Waals surface area contributed by atoms with Crippen molar-refractivity contribution in [1.29, 1.82) is 0 Å². The fraction of sp³-hybridized carbons (Fsp3) is 0.381. The fourth-order valence-electron chi connectivity index (χ4n) is 3.44. The highest BCUT2D eigenvalue weighted by Crippen LogP contribution is 2.33. The van der Waals surface area contributed by atoms with Gasteiger partial charge in [0.1, 0.15) is 5.75 Å². The molecule has 1 aromatic carbocycles. The number of thiazole rings is 1. The van der Waals surface area contributed by atoms with Gasteiger partial charge >= 0.3 is 0 Å². The molecule has 0 atom stereocenters. The molecule has 1 N–H and O–H groups in total. The molecule has 0 saturated carbocycles. The first-order valence-electron chi connectivity index (χ1n) is 9.69. The average molecular weight is 397 g/mol. The zero-order chi connectivity index (χ0) is 19.3. The summed E-state index contributed by atoms with van der Waals surface area (Å²) in [7, 11) is 0. The van der Waals surface area contributed by atoms with Crippen molar-refractivity contribution >= 4 is 32.6 Å². The average Bonchev–Trinajstić information content (AvgIpc) is 3.16. The van der Waals surface area contributed by atoms with E-state index in [4.69, 9.17) is 9.72 Å². The van der Waals surface area contributed by atoms with Crippen LogP contribution in [-0.2, 0) is 11.3 Å². The van der Waals surface area contributed by atoms with Crippen LogP contribution in [-0.4, -0.2) is 35.6 Å². The lowest BCUT2D eigenvalue weighted by Crippen LogP contribution is -2.40. The lowest BCUT2D eigenvalue weighted by molar-refractivity contribution is -0.125. The minimum absolute atomic E-state index is 0.0545. The number of fused-ring (bicyclic) bond motifs is 1. The van der Waals surface area contributed by atoms with E-state index in [1.165, 1.54) is 0 Å². The van der Waals surface area contributed by atoms with Crippen LogP contribution >= 0.6 is 11.3 Å². The number of amides is 1. The van der Waals surface area contributed by atoms with E-state index in [1.54, 1.807) is 17.5 Å². The van der Waals surface area contributed by atoms with Crippen LogP contribution in [0.5, 0.6) is 5.75 Å². The Bertz CT molecular complexity index is 936. The molecule has 0 unspecified atom stereocenters. The van der Waals surface area contributed by atoms with Crippen molar-refractivity contribution in [2.75, 3.05) is 24.6 Å². The summed E-state index contributed by atoms with van der Waals surface area (Å²) in [4.78, 5) is 23.8. The summed E-state index contributed by atoms with van der Waals surface area (Å²) in [6.45, 7) is 4.82. The van der Waals surface area contributed by atoms with Gasteiger partial charge in [0.15, 0.2) is 5.13 Å². The number of pyridine rings is 1. The van der Waals surface area contributed by atoms with Crippen molar-refractivity contribution in [3.05, 3.63) is 48.3 Å². The summed E-state index contributed by atoms with van der Waals surface area (Å²) in [5, 5.41) is 4.04. The normalized spacial score (nSPS) is 15.0. The predicted molar refractivity (Wildman–Crippen MR) is 112 cm³/mol. The number of nitrogens with one attached hydrogen (secondary N) is 1. The van der Waals surface area contributed by atoms with Crippen LogP contribution in [0.1, 0.15) is 25.5 Å². The zero-order valence-electron chi connectivity index (χ0n) is 15.9. The molecule has 2 aromatic heterocycles. The van der Waals surface area contributed by atoms with Crippen molar-refractivity contribution in [1.82, 2.24) is 15.3 Å². The summed E-state index contributed by atoms with van der Waals surface area (Å²) in [5.41, 5.74) is 1.88. The Balaban J connectivity index is 1.33. The molecule has 0 bridgehead atoms. The van der Waals surface area contributed by atoms with Gasteiger partial charge in [-0.05, 0) is 50.1 Å². The van der Waals surface area contributed by atoms with E-state index in [0.717, 1.165) is 52.7 Å². The van der Waals surface area contributed by atoms with E-state index < -0.39 is 0 Å². The fourth-order valence-corrected chi connectivity index (χ4v) is 4.49. The highest BCUT2D eigenvalue weighted by Gasteiger charge is 2.26. The van der Waals surface area contributed by atoms with Crippen molar-refractivity contribution in [2.45, 2.75) is 26.3 Å². The van der Waals surface area contributed by atoms with Crippen molar-refractivity contribution < 1.29 is 9.53 Å². The van der Waals surface area contributed by atoms with E-state index in [9.17, 15) is 4.79 Å². The maximum Gasteiger partial charge on any atom is 0.223 e. The number of carbonyl (C=O) groups excluding carboxylic acids is 1. The third kappa shape index (κ3) is 4.25. The molecule has 0 radical (unpaired) electrons. The van der Waals surface area contributed by atoms with Crippen LogP contribution in [0.4, 0.5) is 5.13 Å². The molecule has 1 saturated heterocycles. The number of anilines is 1. The quantitative estimate of drug-likeness (QED) is 0.689. The molecule has 7 heteroatoms. The highest BCUT2D eigenvalue weighted by atomic mass is 32.1. The van der Waals surface area contributed by atoms with Gasteiger partial charge in [0.25, 0.3) is 0 Å². The first-order valence-corrected chi connectivity index (χ1v) is 10.5. The molecule has 3 aromatic rings. The van der Waals surface area contributed by atoms with E-state index in [0.29, 0.717) is 13.2 Å². The van der Waals surface area contributed by atoms with Crippen molar-refractivity contribution in [3.8, 4) is 5.75 Å². The number of hydrogen-bond acceptors (Lipinski definition) is 6. The smallest absolute Gasteiger partial charge is 0.223 e. The van der Waals surface area contributed by atoms with Crippen LogP contribution in [0.2, 0.25) is 0 Å². The molecule has 1 amide bonds. The van der Waals surface area contributed by atoms with E-state index >= 15 is 0 Å². The third-order valence-corrected chi connectivity index (χ3v) is 6.04. The van der Waals surface area contributed by atoms with Gasteiger partial charge in [0, 0.05) is 25.2 Å². The minimum Gasteiger partial charge on any atom is -0.494 e. The number of piperidine rings is 1. The van der Waals surface area contributed by atoms with E-state index in [2.05, 4.69) is 21.3 Å². The van der Waals surface area contributed by atoms with Crippen LogP contribution in [0.15, 0.2) is 42.6 Å². The Morgan fingerprint density at radius 2 is 2.14 bits per heavy atom. The second kappa shape index (κ2) is 8.56. The van der Waals surface area contributed by atoms with E-state index in [1.807, 2.05) is 37.3 Å². The van der Waals surface area contributed by atoms with Gasteiger partial charge in [0.2, 0.25) is 5.91 Å². The standard InChI is InChI=1S/C21H24N4O2S/c1-2-27-17-6-7-18-19(13-17)28-21(24-18)25-11-8-15(9-12-25)20(26)23-14-16-5-3-4-10-22-16/h3-7,10,13,15H,2,8-9,11-12,14H2,1H3,(H,23,26). The summed E-state index contributed by atoms with van der Waals surface area (Å²) >= 11 is 1.69. The molecule has 4 rings (SSSR count). The SMILES string of the molecule is CCOc1ccc2nc(N3CCC(C(=O)NCc4ccccn4)CC3)sc2c1. The molecule has 0 aliphatic carbocycles. The maximum atomic E-state index is 12.5. The Kier molecular flexibility index (Phi) is 5.71. The Hall–Kier alpha value is -2.67. The number of benzene rings is 1. The Morgan fingerprint density at radius 1 is 1.29 bits per heavy atom. The topological polar surface area (TPSA) is 67.3 Å². The summed E-state index contributed by atoms with van der Waals surface area (Å²) in [6.07, 6.45) is 3.43. The van der Waals surface area contributed by atoms with Gasteiger partial charge in [-0.25, -0.2) is 4.98 Å². The third-order valence-electron chi connectivity index (χ3n) is 4.97. The second-order valence-corrected chi connectivity index (χ2v) is 7.87. The number of nitrogens with zero attached hydrogens (tertiary/aromatic N) is 3. The Labute approximate surface area is 168 Å². The molecule has 1 aliphatic rings. The van der Waals surface area contributed by atoms with Crippen LogP contribution in [0.25, 0.3) is 10.2 Å². The van der Waals surface area contributed by atoms with Gasteiger partial charge < -0.3 is 15.0 Å². The molecule has 0 spiro atoms. The maximum absolute atomic E-state index is 12.5. The summed E-state index contributed by atoms with van der Waals surface area (Å²) in [5.74, 6) is 1.06. The monoisotopic (exact) mass is 396 g/mol. The minimum atomic E-state index is 0.0545. The number of hydrogen-bond donors (Lipinski definition) is 1. The van der Waals surface area contributed by atoms with Gasteiger partial charge in [-0.2, -0.15) is 0 Å². The Morgan fingerprint density at radius 3 is 2.89 bits per heavy atom. The molecule has 1 fully saturated rings. The van der Waals surface area contributed by atoms with Gasteiger partial charge in [-0.15, -0.1) is 0 Å². The molecule has 3 heterocycles. The molecular weight excluding hydrogens is 372 g/mol. The lowest BCUT2D eigenvalue weighted by Gasteiger charge is -2.31. The van der Waals surface area contributed by atoms with Crippen LogP contribution < -0.4 is 15.0 Å². The van der Waals surface area contributed by atoms with Gasteiger partial charge in [-0.1, -0.05) is 17.4 Å². The number of rotatable bonds is 6. The lowest BCUT2D eigenvalue weighted by atomic mass is 9.96. The first-order chi connectivity index (χ1) is 13.7. The van der Waals surface area contributed by atoms with Gasteiger partial charge in [0.05, 0.1) is 29.1 Å². The molecule has 1 aliphatic heterocycles. The summed E-state index contributed by atoms with van der Waals surface area (Å²) in [6, 6.07) is 11.8. The molecule has 146 valence electrons. The first kappa shape index (κ1) is 18.7. The van der Waals surface area contributed by atoms with Crippen molar-refractivity contribution in [3.63, 3.8) is 0 Å². The number of ether oxygens (including phenoxy) is 1. The molecule has 6 nitrogen and oxygen atoms in total.